The van der Waals surface area contributed by atoms with Crippen LogP contribution in [0.4, 0.5) is 0 Å². The van der Waals surface area contributed by atoms with Gasteiger partial charge in [-0.1, -0.05) is 49.3 Å². The molecule has 0 aliphatic carbocycles. The van der Waals surface area contributed by atoms with Gasteiger partial charge in [-0.25, -0.2) is 0 Å². The maximum absolute atomic E-state index is 12.7. The Kier molecular flexibility index (Phi) is 4.51. The minimum absolute atomic E-state index is 0.0142. The predicted molar refractivity (Wildman–Crippen MR) is 89.5 cm³/mol. The van der Waals surface area contributed by atoms with E-state index in [1.54, 1.807) is 6.07 Å². The Morgan fingerprint density at radius 2 is 2.04 bits per heavy atom. The normalized spacial score (nSPS) is 21.7. The first-order valence-corrected chi connectivity index (χ1v) is 8.38. The summed E-state index contributed by atoms with van der Waals surface area (Å²) in [5, 5.41) is 3.96. The van der Waals surface area contributed by atoms with Crippen molar-refractivity contribution >= 4 is 5.91 Å². The van der Waals surface area contributed by atoms with Gasteiger partial charge in [0, 0.05) is 24.6 Å². The molecule has 1 fully saturated rings. The van der Waals surface area contributed by atoms with Crippen LogP contribution >= 0.6 is 0 Å². The number of aromatic nitrogens is 1. The lowest BCUT2D eigenvalue weighted by Gasteiger charge is -2.37. The third-order valence-electron chi connectivity index (χ3n) is 4.72. The van der Waals surface area contributed by atoms with Crippen molar-refractivity contribution in [3.8, 4) is 0 Å². The summed E-state index contributed by atoms with van der Waals surface area (Å²) in [4.78, 5) is 14.6. The number of amides is 1. The zero-order chi connectivity index (χ0) is 16.4. The molecule has 4 heteroatoms. The number of hydrogen-bond donors (Lipinski definition) is 0. The molecule has 0 bridgehead atoms. The maximum atomic E-state index is 12.7. The average molecular weight is 312 g/mol. The van der Waals surface area contributed by atoms with Crippen molar-refractivity contribution in [1.29, 1.82) is 0 Å². The van der Waals surface area contributed by atoms with Gasteiger partial charge < -0.3 is 9.42 Å². The zero-order valence-electron chi connectivity index (χ0n) is 14.0. The zero-order valence-corrected chi connectivity index (χ0v) is 14.0. The van der Waals surface area contributed by atoms with Gasteiger partial charge in [0.25, 0.3) is 5.91 Å². The molecule has 2 heterocycles. The molecular weight excluding hydrogens is 288 g/mol. The lowest BCUT2D eigenvalue weighted by Crippen LogP contribution is -2.44. The van der Waals surface area contributed by atoms with Gasteiger partial charge >= 0.3 is 0 Å². The largest absolute Gasteiger partial charge is 0.360 e. The summed E-state index contributed by atoms with van der Waals surface area (Å²) in [6.07, 6.45) is 1.99. The van der Waals surface area contributed by atoms with Crippen LogP contribution in [0.3, 0.4) is 0 Å². The molecule has 0 saturated carbocycles. The number of hydrogen-bond acceptors (Lipinski definition) is 3. The quantitative estimate of drug-likeness (QED) is 0.853. The first-order valence-electron chi connectivity index (χ1n) is 8.38. The second-order valence-electron chi connectivity index (χ2n) is 6.75. The SMILES string of the molecule is CC(C)c1cc(C(=O)N2CCC(c3ccccc3)CC2C)no1. The lowest BCUT2D eigenvalue weighted by atomic mass is 9.86. The van der Waals surface area contributed by atoms with Gasteiger partial charge in [-0.15, -0.1) is 0 Å². The molecule has 0 N–H and O–H groups in total. The standard InChI is InChI=1S/C19H24N2O2/c1-13(2)18-12-17(20-23-18)19(22)21-10-9-16(11-14(21)3)15-7-5-4-6-8-15/h4-8,12-14,16H,9-11H2,1-3H3. The van der Waals surface area contributed by atoms with E-state index < -0.39 is 0 Å². The monoisotopic (exact) mass is 312 g/mol. The Morgan fingerprint density at radius 3 is 2.65 bits per heavy atom. The Bertz CT molecular complexity index is 663. The Labute approximate surface area is 137 Å². The van der Waals surface area contributed by atoms with Crippen molar-refractivity contribution in [2.45, 2.75) is 51.5 Å². The van der Waals surface area contributed by atoms with Crippen molar-refractivity contribution in [2.24, 2.45) is 0 Å². The number of piperidine rings is 1. The second kappa shape index (κ2) is 6.57. The molecule has 2 atom stereocenters. The molecule has 23 heavy (non-hydrogen) atoms. The van der Waals surface area contributed by atoms with Gasteiger partial charge in [0.05, 0.1) is 0 Å². The molecule has 0 spiro atoms. The number of rotatable bonds is 3. The molecule has 1 aliphatic heterocycles. The summed E-state index contributed by atoms with van der Waals surface area (Å²) in [5.74, 6) is 1.52. The van der Waals surface area contributed by atoms with Crippen LogP contribution in [0.5, 0.6) is 0 Å². The highest BCUT2D eigenvalue weighted by atomic mass is 16.5. The summed E-state index contributed by atoms with van der Waals surface area (Å²) in [6, 6.07) is 12.6. The highest BCUT2D eigenvalue weighted by Gasteiger charge is 2.31. The van der Waals surface area contributed by atoms with Crippen LogP contribution in [0.15, 0.2) is 40.9 Å². The first kappa shape index (κ1) is 15.8. The molecule has 4 nitrogen and oxygen atoms in total. The van der Waals surface area contributed by atoms with Gasteiger partial charge in [0.1, 0.15) is 5.76 Å². The number of carbonyl (C=O) groups is 1. The fourth-order valence-electron chi connectivity index (χ4n) is 3.31. The molecule has 1 aromatic heterocycles. The fraction of sp³-hybridized carbons (Fsp3) is 0.474. The first-order chi connectivity index (χ1) is 11.1. The second-order valence-corrected chi connectivity index (χ2v) is 6.75. The van der Waals surface area contributed by atoms with Gasteiger partial charge in [-0.3, -0.25) is 4.79 Å². The van der Waals surface area contributed by atoms with E-state index in [-0.39, 0.29) is 17.9 Å². The molecule has 122 valence electrons. The number of nitrogens with zero attached hydrogens (tertiary/aromatic N) is 2. The number of carbonyl (C=O) groups excluding carboxylic acids is 1. The van der Waals surface area contributed by atoms with Crippen LogP contribution in [0, 0.1) is 0 Å². The lowest BCUT2D eigenvalue weighted by molar-refractivity contribution is 0.0605. The summed E-state index contributed by atoms with van der Waals surface area (Å²) >= 11 is 0. The Morgan fingerprint density at radius 1 is 1.30 bits per heavy atom. The van der Waals surface area contributed by atoms with Crippen LogP contribution in [0.2, 0.25) is 0 Å². The van der Waals surface area contributed by atoms with Crippen LogP contribution in [-0.2, 0) is 0 Å². The summed E-state index contributed by atoms with van der Waals surface area (Å²) in [7, 11) is 0. The van der Waals surface area contributed by atoms with Gasteiger partial charge in [0.15, 0.2) is 5.69 Å². The van der Waals surface area contributed by atoms with Crippen molar-refractivity contribution < 1.29 is 9.32 Å². The van der Waals surface area contributed by atoms with Crippen LogP contribution < -0.4 is 0 Å². The smallest absolute Gasteiger partial charge is 0.276 e. The fourth-order valence-corrected chi connectivity index (χ4v) is 3.31. The van der Waals surface area contributed by atoms with Gasteiger partial charge in [0.2, 0.25) is 0 Å². The van der Waals surface area contributed by atoms with E-state index >= 15 is 0 Å². The third-order valence-corrected chi connectivity index (χ3v) is 4.72. The summed E-state index contributed by atoms with van der Waals surface area (Å²) in [6.45, 7) is 6.95. The molecule has 1 amide bonds. The van der Waals surface area contributed by atoms with Gasteiger partial charge in [-0.2, -0.15) is 0 Å². The molecule has 1 aromatic carbocycles. The number of benzene rings is 1. The van der Waals surface area contributed by atoms with E-state index in [9.17, 15) is 4.79 Å². The molecular formula is C19H24N2O2. The Hall–Kier alpha value is -2.10. The third kappa shape index (κ3) is 3.31. The van der Waals surface area contributed by atoms with E-state index in [2.05, 4.69) is 36.3 Å². The highest BCUT2D eigenvalue weighted by Crippen LogP contribution is 2.32. The highest BCUT2D eigenvalue weighted by molar-refractivity contribution is 5.92. The predicted octanol–water partition coefficient (Wildman–Crippen LogP) is 4.21. The molecule has 3 rings (SSSR count). The van der Waals surface area contributed by atoms with E-state index in [1.165, 1.54) is 5.56 Å². The molecule has 1 aliphatic rings. The maximum Gasteiger partial charge on any atom is 0.276 e. The van der Waals surface area contributed by atoms with Crippen LogP contribution in [-0.4, -0.2) is 28.6 Å². The minimum atomic E-state index is -0.0142. The van der Waals surface area contributed by atoms with E-state index in [1.807, 2.05) is 24.8 Å². The van der Waals surface area contributed by atoms with Crippen LogP contribution in [0.25, 0.3) is 0 Å². The minimum Gasteiger partial charge on any atom is -0.360 e. The van der Waals surface area contributed by atoms with E-state index in [0.717, 1.165) is 25.1 Å². The topological polar surface area (TPSA) is 46.3 Å². The van der Waals surface area contributed by atoms with Crippen molar-refractivity contribution in [1.82, 2.24) is 10.1 Å². The van der Waals surface area contributed by atoms with E-state index in [0.29, 0.717) is 11.6 Å². The van der Waals surface area contributed by atoms with Crippen molar-refractivity contribution in [3.05, 3.63) is 53.4 Å². The van der Waals surface area contributed by atoms with Gasteiger partial charge in [-0.05, 0) is 31.2 Å². The van der Waals surface area contributed by atoms with Crippen molar-refractivity contribution in [2.75, 3.05) is 6.54 Å². The van der Waals surface area contributed by atoms with Crippen molar-refractivity contribution in [3.63, 3.8) is 0 Å². The molecule has 1 saturated heterocycles. The average Bonchev–Trinajstić information content (AvgIpc) is 3.05. The van der Waals surface area contributed by atoms with E-state index in [4.69, 9.17) is 4.52 Å². The summed E-state index contributed by atoms with van der Waals surface area (Å²) in [5.41, 5.74) is 1.80. The Balaban J connectivity index is 1.69. The van der Waals surface area contributed by atoms with Crippen LogP contribution in [0.1, 0.15) is 67.3 Å². The number of likely N-dealkylation sites (tertiary alicyclic amines) is 1. The molecule has 0 radical (unpaired) electrons. The molecule has 2 unspecified atom stereocenters. The summed E-state index contributed by atoms with van der Waals surface area (Å²) < 4.78 is 5.27. The molecule has 2 aromatic rings.